The average molecular weight is 355 g/mol. The second kappa shape index (κ2) is 6.44. The first-order valence-corrected chi connectivity index (χ1v) is 8.68. The van der Waals surface area contributed by atoms with Gasteiger partial charge in [-0.05, 0) is 25.0 Å². The molecule has 1 unspecified atom stereocenters. The maximum absolute atomic E-state index is 12.5. The Morgan fingerprint density at radius 1 is 1.19 bits per heavy atom. The number of carbonyl (C=O) groups excluding carboxylic acids is 1. The number of rotatable bonds is 2. The summed E-state index contributed by atoms with van der Waals surface area (Å²) in [5, 5.41) is 0. The van der Waals surface area contributed by atoms with Gasteiger partial charge in [0.15, 0.2) is 0 Å². The lowest BCUT2D eigenvalue weighted by atomic mass is 10.2. The zero-order valence-corrected chi connectivity index (χ0v) is 14.8. The molecule has 0 N–H and O–H groups in total. The summed E-state index contributed by atoms with van der Waals surface area (Å²) in [5.74, 6) is 0.654. The van der Waals surface area contributed by atoms with E-state index in [0.717, 1.165) is 18.4 Å². The summed E-state index contributed by atoms with van der Waals surface area (Å²) in [4.78, 5) is 37.2. The van der Waals surface area contributed by atoms with Crippen molar-refractivity contribution in [3.8, 4) is 11.3 Å². The van der Waals surface area contributed by atoms with Crippen molar-refractivity contribution in [2.75, 3.05) is 25.1 Å². The standard InChI is InChI=1S/C18H21N5O3/c1-21-16(24)9-15(12-5-7-19-8-6-12)20-17(21)23-13-3-4-14(23)11-22(10-13)18(25)26-2/h5-9,13-14H,3-4,10-11H2,1-2H3/t13-,14?/m1/s1. The van der Waals surface area contributed by atoms with Gasteiger partial charge in [-0.3, -0.25) is 14.3 Å². The second-order valence-corrected chi connectivity index (χ2v) is 6.74. The molecule has 0 saturated carbocycles. The van der Waals surface area contributed by atoms with Crippen molar-refractivity contribution in [3.05, 3.63) is 40.9 Å². The van der Waals surface area contributed by atoms with E-state index in [0.29, 0.717) is 24.7 Å². The van der Waals surface area contributed by atoms with Crippen molar-refractivity contribution in [2.45, 2.75) is 24.9 Å². The predicted molar refractivity (Wildman–Crippen MR) is 96.0 cm³/mol. The average Bonchev–Trinajstić information content (AvgIpc) is 2.92. The van der Waals surface area contributed by atoms with Gasteiger partial charge in [0.05, 0.1) is 24.9 Å². The van der Waals surface area contributed by atoms with Crippen LogP contribution >= 0.6 is 0 Å². The molecule has 0 aliphatic carbocycles. The summed E-state index contributed by atoms with van der Waals surface area (Å²) in [7, 11) is 3.15. The van der Waals surface area contributed by atoms with Crippen LogP contribution in [0, 0.1) is 0 Å². The zero-order chi connectivity index (χ0) is 18.3. The summed E-state index contributed by atoms with van der Waals surface area (Å²) in [6.07, 6.45) is 5.01. The summed E-state index contributed by atoms with van der Waals surface area (Å²) in [6, 6.07) is 5.51. The number of methoxy groups -OCH3 is 1. The van der Waals surface area contributed by atoms with E-state index in [9.17, 15) is 9.59 Å². The van der Waals surface area contributed by atoms with Crippen LogP contribution in [0.3, 0.4) is 0 Å². The monoisotopic (exact) mass is 355 g/mol. The van der Waals surface area contributed by atoms with Gasteiger partial charge in [0.2, 0.25) is 5.95 Å². The highest BCUT2D eigenvalue weighted by Gasteiger charge is 2.43. The zero-order valence-electron chi connectivity index (χ0n) is 14.8. The lowest BCUT2D eigenvalue weighted by Gasteiger charge is -2.41. The fourth-order valence-corrected chi connectivity index (χ4v) is 3.94. The molecular formula is C18H21N5O3. The van der Waals surface area contributed by atoms with Gasteiger partial charge < -0.3 is 14.5 Å². The van der Waals surface area contributed by atoms with Crippen LogP contribution in [-0.2, 0) is 11.8 Å². The number of likely N-dealkylation sites (tertiary alicyclic amines) is 1. The molecule has 2 aliphatic heterocycles. The fraction of sp³-hybridized carbons (Fsp3) is 0.444. The van der Waals surface area contributed by atoms with Crippen LogP contribution in [0.4, 0.5) is 10.7 Å². The fourth-order valence-electron chi connectivity index (χ4n) is 3.94. The number of hydrogen-bond donors (Lipinski definition) is 0. The first-order valence-electron chi connectivity index (χ1n) is 8.68. The number of amides is 1. The molecule has 2 saturated heterocycles. The maximum Gasteiger partial charge on any atom is 0.409 e. The Labute approximate surface area is 151 Å². The van der Waals surface area contributed by atoms with E-state index in [2.05, 4.69) is 9.88 Å². The second-order valence-electron chi connectivity index (χ2n) is 6.74. The summed E-state index contributed by atoms with van der Waals surface area (Å²) < 4.78 is 6.45. The number of aromatic nitrogens is 3. The molecule has 8 heteroatoms. The smallest absolute Gasteiger partial charge is 0.409 e. The van der Waals surface area contributed by atoms with E-state index in [1.54, 1.807) is 35.0 Å². The summed E-state index contributed by atoms with van der Waals surface area (Å²) >= 11 is 0. The first kappa shape index (κ1) is 16.6. The number of nitrogens with zero attached hydrogens (tertiary/aromatic N) is 5. The van der Waals surface area contributed by atoms with E-state index in [1.807, 2.05) is 12.1 Å². The Bertz CT molecular complexity index is 868. The minimum atomic E-state index is -0.297. The quantitative estimate of drug-likeness (QED) is 0.807. The lowest BCUT2D eigenvalue weighted by Crippen LogP contribution is -2.56. The number of anilines is 1. The highest BCUT2D eigenvalue weighted by Crippen LogP contribution is 2.34. The van der Waals surface area contributed by atoms with Gasteiger partial charge in [0.25, 0.3) is 5.56 Å². The molecule has 0 aromatic carbocycles. The van der Waals surface area contributed by atoms with Crippen molar-refractivity contribution < 1.29 is 9.53 Å². The van der Waals surface area contributed by atoms with Crippen LogP contribution in [0.1, 0.15) is 12.8 Å². The molecular weight excluding hydrogens is 334 g/mol. The van der Waals surface area contributed by atoms with Gasteiger partial charge in [-0.15, -0.1) is 0 Å². The molecule has 1 amide bonds. The van der Waals surface area contributed by atoms with Gasteiger partial charge in [-0.2, -0.15) is 0 Å². The van der Waals surface area contributed by atoms with Crippen molar-refractivity contribution in [1.82, 2.24) is 19.4 Å². The van der Waals surface area contributed by atoms with E-state index in [-0.39, 0.29) is 23.7 Å². The number of pyridine rings is 1. The molecule has 0 spiro atoms. The van der Waals surface area contributed by atoms with Crippen LogP contribution in [-0.4, -0.2) is 57.8 Å². The van der Waals surface area contributed by atoms with E-state index in [1.165, 1.54) is 7.11 Å². The Hall–Kier alpha value is -2.90. The number of piperazine rings is 1. The molecule has 8 nitrogen and oxygen atoms in total. The van der Waals surface area contributed by atoms with Gasteiger partial charge in [0.1, 0.15) is 0 Å². The Balaban J connectivity index is 1.72. The Morgan fingerprint density at radius 3 is 2.46 bits per heavy atom. The third-order valence-electron chi connectivity index (χ3n) is 5.23. The topological polar surface area (TPSA) is 80.6 Å². The minimum absolute atomic E-state index is 0.100. The van der Waals surface area contributed by atoms with Crippen molar-refractivity contribution in [2.24, 2.45) is 7.05 Å². The van der Waals surface area contributed by atoms with Crippen LogP contribution < -0.4 is 10.5 Å². The van der Waals surface area contributed by atoms with Crippen molar-refractivity contribution >= 4 is 12.0 Å². The third kappa shape index (κ3) is 2.71. The van der Waals surface area contributed by atoms with Gasteiger partial charge in [0, 0.05) is 44.2 Å². The number of hydrogen-bond acceptors (Lipinski definition) is 6. The Kier molecular flexibility index (Phi) is 4.10. The predicted octanol–water partition coefficient (Wildman–Crippen LogP) is 1.26. The first-order chi connectivity index (χ1) is 12.6. The van der Waals surface area contributed by atoms with E-state index >= 15 is 0 Å². The van der Waals surface area contributed by atoms with Gasteiger partial charge in [-0.1, -0.05) is 0 Å². The van der Waals surface area contributed by atoms with Crippen LogP contribution in [0.15, 0.2) is 35.4 Å². The van der Waals surface area contributed by atoms with Crippen LogP contribution in [0.25, 0.3) is 11.3 Å². The molecule has 2 fully saturated rings. The normalized spacial score (nSPS) is 21.8. The summed E-state index contributed by atoms with van der Waals surface area (Å²) in [6.45, 7) is 1.16. The highest BCUT2D eigenvalue weighted by atomic mass is 16.5. The molecule has 4 rings (SSSR count). The SMILES string of the molecule is COC(=O)N1CC2CC[C@H](C1)N2c1nc(-c2ccncc2)cc(=O)n1C. The van der Waals surface area contributed by atoms with Gasteiger partial charge in [-0.25, -0.2) is 9.78 Å². The molecule has 2 bridgehead atoms. The number of fused-ring (bicyclic) bond motifs is 2. The molecule has 4 heterocycles. The third-order valence-corrected chi connectivity index (χ3v) is 5.23. The molecule has 136 valence electrons. The lowest BCUT2D eigenvalue weighted by molar-refractivity contribution is 0.113. The van der Waals surface area contributed by atoms with Crippen LogP contribution in [0.5, 0.6) is 0 Å². The molecule has 0 radical (unpaired) electrons. The molecule has 2 aliphatic rings. The summed E-state index contributed by atoms with van der Waals surface area (Å²) in [5.41, 5.74) is 1.40. The number of ether oxygens (including phenoxy) is 1. The van der Waals surface area contributed by atoms with Crippen molar-refractivity contribution in [1.29, 1.82) is 0 Å². The van der Waals surface area contributed by atoms with Gasteiger partial charge >= 0.3 is 6.09 Å². The molecule has 2 aromatic heterocycles. The number of carbonyl (C=O) groups is 1. The van der Waals surface area contributed by atoms with E-state index < -0.39 is 0 Å². The van der Waals surface area contributed by atoms with Crippen molar-refractivity contribution in [3.63, 3.8) is 0 Å². The minimum Gasteiger partial charge on any atom is -0.453 e. The van der Waals surface area contributed by atoms with E-state index in [4.69, 9.17) is 9.72 Å². The molecule has 2 atom stereocenters. The Morgan fingerprint density at radius 2 is 1.85 bits per heavy atom. The maximum atomic E-state index is 12.5. The molecule has 2 aromatic rings. The largest absolute Gasteiger partial charge is 0.453 e. The highest BCUT2D eigenvalue weighted by molar-refractivity contribution is 5.68. The van der Waals surface area contributed by atoms with Crippen LogP contribution in [0.2, 0.25) is 0 Å². The molecule has 26 heavy (non-hydrogen) atoms.